The van der Waals surface area contributed by atoms with Crippen molar-refractivity contribution in [3.63, 3.8) is 0 Å². The van der Waals surface area contributed by atoms with Crippen LogP contribution >= 0.6 is 23.2 Å². The maximum atomic E-state index is 14.5. The van der Waals surface area contributed by atoms with E-state index in [1.807, 2.05) is 75.4 Å². The highest BCUT2D eigenvalue weighted by atomic mass is 35.5. The van der Waals surface area contributed by atoms with Crippen molar-refractivity contribution in [1.29, 1.82) is 0 Å². The topological polar surface area (TPSA) is 86.8 Å². The fourth-order valence-corrected chi connectivity index (χ4v) is 6.60. The van der Waals surface area contributed by atoms with Crippen molar-refractivity contribution in [1.82, 2.24) is 10.2 Å². The normalized spacial score (nSPS) is 11.9. The molecule has 0 saturated heterocycles. The molecule has 0 bridgehead atoms. The van der Waals surface area contributed by atoms with Crippen LogP contribution in [0.25, 0.3) is 0 Å². The number of rotatable bonds is 13. The fraction of sp³-hybridized carbons (Fsp3) is 0.257. The molecule has 0 heterocycles. The summed E-state index contributed by atoms with van der Waals surface area (Å²) in [5, 5.41) is 3.34. The monoisotopic (exact) mass is 665 g/mol. The van der Waals surface area contributed by atoms with Crippen LogP contribution in [0, 0.1) is 13.8 Å². The molecule has 2 amide bonds. The molecule has 0 unspecified atom stereocenters. The molecule has 0 aliphatic rings. The van der Waals surface area contributed by atoms with Crippen molar-refractivity contribution in [2.24, 2.45) is 0 Å². The molecule has 4 aromatic rings. The molecule has 45 heavy (non-hydrogen) atoms. The van der Waals surface area contributed by atoms with Crippen molar-refractivity contribution in [2.75, 3.05) is 17.4 Å². The highest BCUT2D eigenvalue weighted by Gasteiger charge is 2.35. The lowest BCUT2D eigenvalue weighted by atomic mass is 10.0. The number of halogens is 2. The van der Waals surface area contributed by atoms with Crippen LogP contribution < -0.4 is 9.62 Å². The Morgan fingerprint density at radius 2 is 1.51 bits per heavy atom. The second kappa shape index (κ2) is 15.4. The SMILES string of the molecule is CCCNC(=O)[C@@H](Cc1ccccc1)N(Cc1ccccc1C)C(=O)CN(c1ccc(Cl)c(Cl)c1)S(=O)(=O)c1ccc(C)cc1. The third-order valence-corrected chi connectivity index (χ3v) is 10.0. The Kier molecular flexibility index (Phi) is 11.7. The van der Waals surface area contributed by atoms with Gasteiger partial charge in [-0.1, -0.05) is 102 Å². The van der Waals surface area contributed by atoms with E-state index in [9.17, 15) is 18.0 Å². The van der Waals surface area contributed by atoms with Crippen LogP contribution in [0.4, 0.5) is 5.69 Å². The number of amides is 2. The molecular formula is C35H37Cl2N3O4S. The minimum atomic E-state index is -4.25. The number of aryl methyl sites for hydroxylation is 2. The van der Waals surface area contributed by atoms with Gasteiger partial charge < -0.3 is 10.2 Å². The zero-order valence-corrected chi connectivity index (χ0v) is 27.9. The van der Waals surface area contributed by atoms with Crippen molar-refractivity contribution in [2.45, 2.75) is 51.1 Å². The van der Waals surface area contributed by atoms with E-state index in [1.54, 1.807) is 12.1 Å². The highest BCUT2D eigenvalue weighted by Crippen LogP contribution is 2.31. The first-order valence-electron chi connectivity index (χ1n) is 14.7. The Labute approximate surface area is 275 Å². The number of benzene rings is 4. The summed E-state index contributed by atoms with van der Waals surface area (Å²) in [6.07, 6.45) is 0.959. The number of carbonyl (C=O) groups excluding carboxylic acids is 2. The third-order valence-electron chi connectivity index (χ3n) is 7.50. The zero-order valence-electron chi connectivity index (χ0n) is 25.5. The lowest BCUT2D eigenvalue weighted by Gasteiger charge is -2.34. The summed E-state index contributed by atoms with van der Waals surface area (Å²) in [5.74, 6) is -0.863. The lowest BCUT2D eigenvalue weighted by molar-refractivity contribution is -0.140. The van der Waals surface area contributed by atoms with Crippen LogP contribution in [0.1, 0.15) is 35.6 Å². The Morgan fingerprint density at radius 1 is 0.844 bits per heavy atom. The maximum absolute atomic E-state index is 14.5. The van der Waals surface area contributed by atoms with E-state index < -0.39 is 28.5 Å². The first-order chi connectivity index (χ1) is 21.5. The molecule has 0 aliphatic heterocycles. The zero-order chi connectivity index (χ0) is 32.6. The minimum absolute atomic E-state index is 0.0129. The number of nitrogens with zero attached hydrogens (tertiary/aromatic N) is 2. The third kappa shape index (κ3) is 8.66. The smallest absolute Gasteiger partial charge is 0.264 e. The quantitative estimate of drug-likeness (QED) is 0.167. The second-order valence-corrected chi connectivity index (χ2v) is 13.5. The number of hydrogen-bond acceptors (Lipinski definition) is 4. The van der Waals surface area contributed by atoms with Gasteiger partial charge in [-0.05, 0) is 67.3 Å². The molecule has 0 spiro atoms. The van der Waals surface area contributed by atoms with E-state index in [2.05, 4.69) is 5.32 Å². The molecule has 0 saturated carbocycles. The predicted octanol–water partition coefficient (Wildman–Crippen LogP) is 6.97. The van der Waals surface area contributed by atoms with Crippen LogP contribution in [0.5, 0.6) is 0 Å². The van der Waals surface area contributed by atoms with Gasteiger partial charge >= 0.3 is 0 Å². The first kappa shape index (κ1) is 34.0. The summed E-state index contributed by atoms with van der Waals surface area (Å²) < 4.78 is 29.3. The maximum Gasteiger partial charge on any atom is 0.264 e. The Morgan fingerprint density at radius 3 is 2.16 bits per heavy atom. The van der Waals surface area contributed by atoms with Gasteiger partial charge in [0.2, 0.25) is 11.8 Å². The molecule has 0 aromatic heterocycles. The number of hydrogen-bond donors (Lipinski definition) is 1. The number of sulfonamides is 1. The van der Waals surface area contributed by atoms with Gasteiger partial charge in [0.25, 0.3) is 10.0 Å². The van der Waals surface area contributed by atoms with Gasteiger partial charge in [0.1, 0.15) is 12.6 Å². The Bertz CT molecular complexity index is 1730. The van der Waals surface area contributed by atoms with Crippen LogP contribution in [0.3, 0.4) is 0 Å². The molecule has 4 aromatic carbocycles. The van der Waals surface area contributed by atoms with Crippen LogP contribution in [-0.2, 0) is 32.6 Å². The molecule has 4 rings (SSSR count). The largest absolute Gasteiger partial charge is 0.354 e. The highest BCUT2D eigenvalue weighted by molar-refractivity contribution is 7.92. The summed E-state index contributed by atoms with van der Waals surface area (Å²) in [6, 6.07) is 27.0. The Balaban J connectivity index is 1.82. The lowest BCUT2D eigenvalue weighted by Crippen LogP contribution is -2.53. The summed E-state index contributed by atoms with van der Waals surface area (Å²) in [4.78, 5) is 29.8. The number of anilines is 1. The molecule has 0 radical (unpaired) electrons. The van der Waals surface area contributed by atoms with E-state index >= 15 is 0 Å². The first-order valence-corrected chi connectivity index (χ1v) is 16.9. The van der Waals surface area contributed by atoms with Gasteiger partial charge in [-0.15, -0.1) is 0 Å². The molecule has 1 atom stereocenters. The second-order valence-electron chi connectivity index (χ2n) is 10.9. The molecule has 7 nitrogen and oxygen atoms in total. The van der Waals surface area contributed by atoms with Crippen LogP contribution in [0.2, 0.25) is 10.0 Å². The summed E-state index contributed by atoms with van der Waals surface area (Å²) in [5.41, 5.74) is 3.71. The number of nitrogens with one attached hydrogen (secondary N) is 1. The van der Waals surface area contributed by atoms with E-state index in [4.69, 9.17) is 23.2 Å². The standard InChI is InChI=1S/C35H37Cl2N3O4S/c1-4-20-38-35(42)33(21-27-11-6-5-7-12-27)39(23-28-13-9-8-10-26(28)3)34(41)24-40(29-16-19-31(36)32(37)22-29)45(43,44)30-17-14-25(2)15-18-30/h5-19,22,33H,4,20-21,23-24H2,1-3H3,(H,38,42)/t33-/m1/s1. The summed E-state index contributed by atoms with van der Waals surface area (Å²) >= 11 is 12.5. The average molecular weight is 667 g/mol. The molecule has 1 N–H and O–H groups in total. The van der Waals surface area contributed by atoms with Gasteiger partial charge in [0, 0.05) is 19.5 Å². The van der Waals surface area contributed by atoms with Gasteiger partial charge in [-0.2, -0.15) is 0 Å². The molecule has 10 heteroatoms. The molecule has 0 aliphatic carbocycles. The van der Waals surface area contributed by atoms with Crippen molar-refractivity contribution in [3.8, 4) is 0 Å². The average Bonchev–Trinajstić information content (AvgIpc) is 3.03. The number of carbonyl (C=O) groups is 2. The van der Waals surface area contributed by atoms with Crippen molar-refractivity contribution in [3.05, 3.63) is 129 Å². The van der Waals surface area contributed by atoms with Crippen LogP contribution in [0.15, 0.2) is 102 Å². The molecular weight excluding hydrogens is 629 g/mol. The van der Waals surface area contributed by atoms with E-state index in [0.29, 0.717) is 6.54 Å². The Hall–Kier alpha value is -3.85. The van der Waals surface area contributed by atoms with E-state index in [0.717, 1.165) is 33.0 Å². The molecule has 0 fully saturated rings. The fourth-order valence-electron chi connectivity index (χ4n) is 4.90. The van der Waals surface area contributed by atoms with Gasteiger partial charge in [-0.3, -0.25) is 13.9 Å². The predicted molar refractivity (Wildman–Crippen MR) is 181 cm³/mol. The van der Waals surface area contributed by atoms with Gasteiger partial charge in [0.05, 0.1) is 20.6 Å². The van der Waals surface area contributed by atoms with Crippen molar-refractivity contribution < 1.29 is 18.0 Å². The van der Waals surface area contributed by atoms with E-state index in [1.165, 1.54) is 35.2 Å². The van der Waals surface area contributed by atoms with Crippen LogP contribution in [-0.4, -0.2) is 44.3 Å². The summed E-state index contributed by atoms with van der Waals surface area (Å²) in [7, 11) is -4.25. The minimum Gasteiger partial charge on any atom is -0.354 e. The van der Waals surface area contributed by atoms with Gasteiger partial charge in [0.15, 0.2) is 0 Å². The molecule has 236 valence electrons. The summed E-state index contributed by atoms with van der Waals surface area (Å²) in [6.45, 7) is 5.71. The van der Waals surface area contributed by atoms with Gasteiger partial charge in [-0.25, -0.2) is 8.42 Å². The van der Waals surface area contributed by atoms with Crippen molar-refractivity contribution >= 4 is 50.7 Å². The van der Waals surface area contributed by atoms with E-state index in [-0.39, 0.29) is 39.5 Å².